The molecule has 0 atom stereocenters. The van der Waals surface area contributed by atoms with E-state index in [0.717, 1.165) is 11.2 Å². The molecule has 0 spiro atoms. The number of rotatable bonds is 1. The van der Waals surface area contributed by atoms with Crippen molar-refractivity contribution in [2.24, 2.45) is 0 Å². The summed E-state index contributed by atoms with van der Waals surface area (Å²) >= 11 is 1.88. The lowest BCUT2D eigenvalue weighted by Crippen LogP contribution is -1.88. The molecule has 0 saturated heterocycles. The number of fused-ring (bicyclic) bond motifs is 6. The summed E-state index contributed by atoms with van der Waals surface area (Å²) in [6.45, 7) is 8.73. The topological polar surface area (TPSA) is 13.1 Å². The molecule has 6 aromatic rings. The van der Waals surface area contributed by atoms with Gasteiger partial charge in [-0.3, -0.25) is 0 Å². The van der Waals surface area contributed by atoms with Crippen molar-refractivity contribution >= 4 is 53.4 Å². The van der Waals surface area contributed by atoms with Crippen LogP contribution in [0, 0.1) is 27.7 Å². The Morgan fingerprint density at radius 1 is 0.667 bits per heavy atom. The molecule has 1 nitrogen and oxygen atoms in total. The second-order valence-electron chi connectivity index (χ2n) is 8.43. The number of benzene rings is 4. The van der Waals surface area contributed by atoms with Crippen LogP contribution in [0.25, 0.3) is 53.2 Å². The molecule has 0 aliphatic carbocycles. The van der Waals surface area contributed by atoms with Gasteiger partial charge >= 0.3 is 0 Å². The van der Waals surface area contributed by atoms with Crippen molar-refractivity contribution in [1.29, 1.82) is 0 Å². The van der Waals surface area contributed by atoms with Crippen LogP contribution >= 0.6 is 11.3 Å². The first-order chi connectivity index (χ1) is 14.5. The minimum atomic E-state index is 0.970. The number of aryl methyl sites for hydroxylation is 4. The zero-order valence-electron chi connectivity index (χ0n) is 17.6. The van der Waals surface area contributed by atoms with Gasteiger partial charge in [0.05, 0.1) is 0 Å². The van der Waals surface area contributed by atoms with Gasteiger partial charge in [-0.05, 0) is 86.3 Å². The minimum Gasteiger partial charge on any atom is -0.456 e. The van der Waals surface area contributed by atoms with Crippen LogP contribution in [0.2, 0.25) is 0 Å². The number of thiophene rings is 1. The fraction of sp³-hybridized carbons (Fsp3) is 0.143. The Balaban J connectivity index is 1.63. The van der Waals surface area contributed by atoms with Crippen molar-refractivity contribution in [3.8, 4) is 11.1 Å². The maximum absolute atomic E-state index is 6.32. The van der Waals surface area contributed by atoms with Gasteiger partial charge in [-0.2, -0.15) is 0 Å². The predicted molar refractivity (Wildman–Crippen MR) is 131 cm³/mol. The Bertz CT molecular complexity index is 1630. The summed E-state index contributed by atoms with van der Waals surface area (Å²) in [6, 6.07) is 22.3. The molecule has 0 aliphatic rings. The van der Waals surface area contributed by atoms with E-state index in [-0.39, 0.29) is 0 Å². The third kappa shape index (κ3) is 2.41. The fourth-order valence-corrected chi connectivity index (χ4v) is 5.94. The van der Waals surface area contributed by atoms with Crippen molar-refractivity contribution in [3.05, 3.63) is 82.9 Å². The predicted octanol–water partition coefficient (Wildman–Crippen LogP) is 8.85. The van der Waals surface area contributed by atoms with E-state index in [1.54, 1.807) is 0 Å². The third-order valence-corrected chi connectivity index (χ3v) is 7.52. The first-order valence-electron chi connectivity index (χ1n) is 10.4. The van der Waals surface area contributed by atoms with Gasteiger partial charge in [0.15, 0.2) is 0 Å². The van der Waals surface area contributed by atoms with Gasteiger partial charge in [-0.1, -0.05) is 29.8 Å². The van der Waals surface area contributed by atoms with Crippen LogP contribution in [-0.4, -0.2) is 0 Å². The zero-order chi connectivity index (χ0) is 20.6. The van der Waals surface area contributed by atoms with Gasteiger partial charge in [0.25, 0.3) is 0 Å². The Kier molecular flexibility index (Phi) is 3.66. The molecule has 30 heavy (non-hydrogen) atoms. The second-order valence-corrected chi connectivity index (χ2v) is 9.51. The first kappa shape index (κ1) is 17.7. The fourth-order valence-electron chi connectivity index (χ4n) is 4.83. The largest absolute Gasteiger partial charge is 0.456 e. The molecule has 0 radical (unpaired) electrons. The van der Waals surface area contributed by atoms with Crippen LogP contribution in [0.1, 0.15) is 22.3 Å². The summed E-state index contributed by atoms with van der Waals surface area (Å²) in [5.41, 5.74) is 9.61. The molecule has 0 bridgehead atoms. The molecule has 0 N–H and O–H groups in total. The van der Waals surface area contributed by atoms with Crippen LogP contribution in [0.5, 0.6) is 0 Å². The van der Waals surface area contributed by atoms with E-state index in [0.29, 0.717) is 0 Å². The smallest absolute Gasteiger partial charge is 0.138 e. The monoisotopic (exact) mass is 406 g/mol. The normalized spacial score (nSPS) is 12.0. The van der Waals surface area contributed by atoms with Crippen LogP contribution in [0.4, 0.5) is 0 Å². The molecule has 146 valence electrons. The number of furan rings is 1. The molecule has 0 amide bonds. The minimum absolute atomic E-state index is 0.970. The first-order valence-corrected chi connectivity index (χ1v) is 11.2. The molecule has 2 heterocycles. The summed E-state index contributed by atoms with van der Waals surface area (Å²) in [7, 11) is 0. The van der Waals surface area contributed by atoms with E-state index in [4.69, 9.17) is 4.42 Å². The molecule has 0 saturated carbocycles. The molecule has 0 fully saturated rings. The van der Waals surface area contributed by atoms with Crippen molar-refractivity contribution in [3.63, 3.8) is 0 Å². The lowest BCUT2D eigenvalue weighted by Gasteiger charge is -2.11. The van der Waals surface area contributed by atoms with E-state index in [1.807, 2.05) is 11.3 Å². The van der Waals surface area contributed by atoms with Gasteiger partial charge in [0, 0.05) is 36.5 Å². The van der Waals surface area contributed by atoms with Crippen LogP contribution in [0.15, 0.2) is 65.1 Å². The Morgan fingerprint density at radius 2 is 1.50 bits per heavy atom. The highest BCUT2D eigenvalue weighted by Crippen LogP contribution is 2.41. The Hall–Kier alpha value is -3.10. The van der Waals surface area contributed by atoms with Gasteiger partial charge < -0.3 is 4.42 Å². The standard InChI is InChI=1S/C28H22OS/c1-15-8-11-25-22(12-15)23-13-17(3)21(14-26(23)30-25)19-9-10-20-27-16(2)6-5-7-24(27)29-28(20)18(19)4/h5-14H,1-4H3. The number of hydrogen-bond donors (Lipinski definition) is 0. The van der Waals surface area contributed by atoms with Crippen LogP contribution in [-0.2, 0) is 0 Å². The summed E-state index contributed by atoms with van der Waals surface area (Å²) in [6.07, 6.45) is 0. The van der Waals surface area contributed by atoms with Crippen LogP contribution < -0.4 is 0 Å². The van der Waals surface area contributed by atoms with E-state index in [2.05, 4.69) is 88.4 Å². The van der Waals surface area contributed by atoms with Crippen molar-refractivity contribution in [2.75, 3.05) is 0 Å². The summed E-state index contributed by atoms with van der Waals surface area (Å²) in [4.78, 5) is 0. The molecule has 6 rings (SSSR count). The van der Waals surface area contributed by atoms with E-state index in [9.17, 15) is 0 Å². The molecule has 0 aliphatic heterocycles. The highest BCUT2D eigenvalue weighted by molar-refractivity contribution is 7.25. The second kappa shape index (κ2) is 6.20. The zero-order valence-corrected chi connectivity index (χ0v) is 18.4. The summed E-state index contributed by atoms with van der Waals surface area (Å²) in [5, 5.41) is 5.16. The lowest BCUT2D eigenvalue weighted by atomic mass is 9.93. The van der Waals surface area contributed by atoms with Crippen LogP contribution in [0.3, 0.4) is 0 Å². The summed E-state index contributed by atoms with van der Waals surface area (Å²) in [5.74, 6) is 0. The van der Waals surface area contributed by atoms with Gasteiger partial charge in [-0.25, -0.2) is 0 Å². The average Bonchev–Trinajstić information content (AvgIpc) is 3.27. The molecular weight excluding hydrogens is 384 g/mol. The van der Waals surface area contributed by atoms with E-state index in [1.165, 1.54) is 64.3 Å². The Labute approximate surface area is 179 Å². The Morgan fingerprint density at radius 3 is 2.37 bits per heavy atom. The lowest BCUT2D eigenvalue weighted by molar-refractivity contribution is 0.666. The van der Waals surface area contributed by atoms with Crippen molar-refractivity contribution in [1.82, 2.24) is 0 Å². The SMILES string of the molecule is Cc1ccc2sc3cc(-c4ccc5c(oc6cccc(C)c65)c4C)c(C)cc3c2c1. The maximum atomic E-state index is 6.32. The molecular formula is C28H22OS. The van der Waals surface area contributed by atoms with Gasteiger partial charge in [0.1, 0.15) is 11.2 Å². The highest BCUT2D eigenvalue weighted by Gasteiger charge is 2.16. The maximum Gasteiger partial charge on any atom is 0.138 e. The van der Waals surface area contributed by atoms with E-state index < -0.39 is 0 Å². The van der Waals surface area contributed by atoms with Crippen molar-refractivity contribution in [2.45, 2.75) is 27.7 Å². The molecule has 0 unspecified atom stereocenters. The van der Waals surface area contributed by atoms with Gasteiger partial charge in [-0.15, -0.1) is 11.3 Å². The highest BCUT2D eigenvalue weighted by atomic mass is 32.1. The quantitative estimate of drug-likeness (QED) is 0.266. The summed E-state index contributed by atoms with van der Waals surface area (Å²) < 4.78 is 9.01. The van der Waals surface area contributed by atoms with E-state index >= 15 is 0 Å². The third-order valence-electron chi connectivity index (χ3n) is 6.38. The molecule has 2 heteroatoms. The molecule has 2 aromatic heterocycles. The van der Waals surface area contributed by atoms with Crippen molar-refractivity contribution < 1.29 is 4.42 Å². The number of hydrogen-bond acceptors (Lipinski definition) is 2. The molecule has 4 aromatic carbocycles. The average molecular weight is 407 g/mol. The van der Waals surface area contributed by atoms with Gasteiger partial charge in [0.2, 0.25) is 0 Å².